The van der Waals surface area contributed by atoms with Gasteiger partial charge in [0.15, 0.2) is 5.96 Å². The SMILES string of the molecule is CCCC(=O)Nc1cccc(CN=C(NCC)NCCCOCCOC)c1.I. The van der Waals surface area contributed by atoms with Gasteiger partial charge in [0.25, 0.3) is 0 Å². The van der Waals surface area contributed by atoms with E-state index in [0.29, 0.717) is 32.8 Å². The van der Waals surface area contributed by atoms with Gasteiger partial charge in [0.05, 0.1) is 19.8 Å². The van der Waals surface area contributed by atoms with Crippen molar-refractivity contribution in [1.82, 2.24) is 10.6 Å². The van der Waals surface area contributed by atoms with E-state index in [1.807, 2.05) is 38.1 Å². The van der Waals surface area contributed by atoms with Gasteiger partial charge in [-0.1, -0.05) is 19.1 Å². The Hall–Kier alpha value is -1.39. The number of guanidine groups is 1. The lowest BCUT2D eigenvalue weighted by Crippen LogP contribution is -2.38. The lowest BCUT2D eigenvalue weighted by molar-refractivity contribution is -0.116. The predicted octanol–water partition coefficient (Wildman–Crippen LogP) is 3.15. The molecule has 0 aromatic heterocycles. The fourth-order valence-electron chi connectivity index (χ4n) is 2.34. The molecule has 0 saturated carbocycles. The molecule has 1 aromatic rings. The Bertz CT molecular complexity index is 570. The van der Waals surface area contributed by atoms with Crippen LogP contribution in [0.25, 0.3) is 0 Å². The molecule has 7 nitrogen and oxygen atoms in total. The summed E-state index contributed by atoms with van der Waals surface area (Å²) in [5.41, 5.74) is 1.86. The van der Waals surface area contributed by atoms with Crippen LogP contribution >= 0.6 is 24.0 Å². The number of ether oxygens (including phenoxy) is 2. The predicted molar refractivity (Wildman–Crippen MR) is 126 cm³/mol. The Labute approximate surface area is 186 Å². The number of amides is 1. The van der Waals surface area contributed by atoms with Crippen molar-refractivity contribution in [2.45, 2.75) is 39.7 Å². The third-order valence-corrected chi connectivity index (χ3v) is 3.64. The first kappa shape index (κ1) is 26.6. The van der Waals surface area contributed by atoms with Crippen LogP contribution in [0.15, 0.2) is 29.3 Å². The van der Waals surface area contributed by atoms with Gasteiger partial charge in [0.2, 0.25) is 5.91 Å². The van der Waals surface area contributed by atoms with Crippen LogP contribution in [0.4, 0.5) is 5.69 Å². The standard InChI is InChI=1S/C20H34N4O3.HI/c1-4-8-19(25)24-18-10-6-9-17(15-18)16-23-20(21-5-2)22-11-7-12-27-14-13-26-3;/h6,9-10,15H,4-5,7-8,11-14,16H2,1-3H3,(H,24,25)(H2,21,22,23);1H. The lowest BCUT2D eigenvalue weighted by atomic mass is 10.2. The van der Waals surface area contributed by atoms with Crippen molar-refractivity contribution >= 4 is 41.5 Å². The summed E-state index contributed by atoms with van der Waals surface area (Å²) in [5, 5.41) is 9.46. The molecule has 1 aromatic carbocycles. The molecule has 0 radical (unpaired) electrons. The van der Waals surface area contributed by atoms with Crippen LogP contribution in [0, 0.1) is 0 Å². The number of nitrogens with zero attached hydrogens (tertiary/aromatic N) is 1. The monoisotopic (exact) mass is 506 g/mol. The zero-order valence-electron chi connectivity index (χ0n) is 17.3. The van der Waals surface area contributed by atoms with E-state index >= 15 is 0 Å². The maximum atomic E-state index is 11.7. The zero-order chi connectivity index (χ0) is 19.7. The molecule has 0 bridgehead atoms. The van der Waals surface area contributed by atoms with Gasteiger partial charge in [0, 0.05) is 38.9 Å². The Morgan fingerprint density at radius 3 is 2.68 bits per heavy atom. The van der Waals surface area contributed by atoms with E-state index in [9.17, 15) is 4.79 Å². The number of anilines is 1. The smallest absolute Gasteiger partial charge is 0.224 e. The Morgan fingerprint density at radius 2 is 1.96 bits per heavy atom. The van der Waals surface area contributed by atoms with Crippen molar-refractivity contribution in [3.05, 3.63) is 29.8 Å². The topological polar surface area (TPSA) is 84.0 Å². The number of hydrogen-bond acceptors (Lipinski definition) is 4. The lowest BCUT2D eigenvalue weighted by Gasteiger charge is -2.12. The van der Waals surface area contributed by atoms with Crippen molar-refractivity contribution in [1.29, 1.82) is 0 Å². The molecule has 8 heteroatoms. The molecular weight excluding hydrogens is 471 g/mol. The average molecular weight is 506 g/mol. The van der Waals surface area contributed by atoms with Gasteiger partial charge in [-0.05, 0) is 37.5 Å². The second-order valence-corrected chi connectivity index (χ2v) is 6.08. The van der Waals surface area contributed by atoms with Gasteiger partial charge in [-0.3, -0.25) is 4.79 Å². The Balaban J connectivity index is 0.00000729. The number of aliphatic imine (C=N–C) groups is 1. The van der Waals surface area contributed by atoms with E-state index < -0.39 is 0 Å². The Morgan fingerprint density at radius 1 is 1.14 bits per heavy atom. The quantitative estimate of drug-likeness (QED) is 0.166. The van der Waals surface area contributed by atoms with Crippen LogP contribution < -0.4 is 16.0 Å². The Kier molecular flexibility index (Phi) is 16.8. The summed E-state index contributed by atoms with van der Waals surface area (Å²) in [4.78, 5) is 16.3. The normalized spacial score (nSPS) is 10.9. The molecule has 0 aliphatic heterocycles. The van der Waals surface area contributed by atoms with Crippen LogP contribution in [-0.4, -0.2) is 51.9 Å². The van der Waals surface area contributed by atoms with Gasteiger partial charge < -0.3 is 25.4 Å². The third kappa shape index (κ3) is 12.9. The molecule has 28 heavy (non-hydrogen) atoms. The molecule has 0 heterocycles. The first-order valence-electron chi connectivity index (χ1n) is 9.67. The number of halogens is 1. The van der Waals surface area contributed by atoms with Crippen molar-refractivity contribution < 1.29 is 14.3 Å². The second-order valence-electron chi connectivity index (χ2n) is 6.08. The summed E-state index contributed by atoms with van der Waals surface area (Å²) >= 11 is 0. The summed E-state index contributed by atoms with van der Waals surface area (Å²) in [7, 11) is 1.67. The first-order valence-corrected chi connectivity index (χ1v) is 9.67. The molecule has 0 aliphatic rings. The highest BCUT2D eigenvalue weighted by molar-refractivity contribution is 14.0. The molecule has 0 unspecified atom stereocenters. The van der Waals surface area contributed by atoms with Crippen LogP contribution in [0.5, 0.6) is 0 Å². The molecule has 160 valence electrons. The maximum Gasteiger partial charge on any atom is 0.224 e. The number of carbonyl (C=O) groups excluding carboxylic acids is 1. The first-order chi connectivity index (χ1) is 13.2. The van der Waals surface area contributed by atoms with Crippen molar-refractivity contribution in [2.75, 3.05) is 45.3 Å². The molecule has 0 fully saturated rings. The molecule has 1 rings (SSSR count). The highest BCUT2D eigenvalue weighted by atomic mass is 127. The zero-order valence-corrected chi connectivity index (χ0v) is 19.6. The van der Waals surface area contributed by atoms with E-state index in [2.05, 4.69) is 20.9 Å². The van der Waals surface area contributed by atoms with Gasteiger partial charge in [0.1, 0.15) is 0 Å². The molecular formula is C20H35IN4O3. The summed E-state index contributed by atoms with van der Waals surface area (Å²) < 4.78 is 10.4. The van der Waals surface area contributed by atoms with Crippen LogP contribution in [0.2, 0.25) is 0 Å². The van der Waals surface area contributed by atoms with Gasteiger partial charge in [-0.25, -0.2) is 4.99 Å². The van der Waals surface area contributed by atoms with Crippen LogP contribution in [-0.2, 0) is 20.8 Å². The number of hydrogen-bond donors (Lipinski definition) is 3. The third-order valence-electron chi connectivity index (χ3n) is 3.64. The fourth-order valence-corrected chi connectivity index (χ4v) is 2.34. The highest BCUT2D eigenvalue weighted by Crippen LogP contribution is 2.12. The minimum atomic E-state index is 0. The van der Waals surface area contributed by atoms with E-state index in [-0.39, 0.29) is 29.9 Å². The second kappa shape index (κ2) is 17.7. The number of carbonyl (C=O) groups is 1. The molecule has 1 amide bonds. The summed E-state index contributed by atoms with van der Waals surface area (Å²) in [6.45, 7) is 8.08. The van der Waals surface area contributed by atoms with Crippen molar-refractivity contribution in [3.63, 3.8) is 0 Å². The van der Waals surface area contributed by atoms with E-state index in [4.69, 9.17) is 9.47 Å². The van der Waals surface area contributed by atoms with Gasteiger partial charge in [-0.2, -0.15) is 0 Å². The minimum absolute atomic E-state index is 0. The number of nitrogens with one attached hydrogen (secondary N) is 3. The van der Waals surface area contributed by atoms with Crippen molar-refractivity contribution in [3.8, 4) is 0 Å². The summed E-state index contributed by atoms with van der Waals surface area (Å²) in [6, 6.07) is 7.80. The molecule has 0 atom stereocenters. The molecule has 0 spiro atoms. The largest absolute Gasteiger partial charge is 0.382 e. The molecule has 0 saturated heterocycles. The van der Waals surface area contributed by atoms with Gasteiger partial charge in [-0.15, -0.1) is 24.0 Å². The number of methoxy groups -OCH3 is 1. The molecule has 3 N–H and O–H groups in total. The van der Waals surface area contributed by atoms with Crippen LogP contribution in [0.3, 0.4) is 0 Å². The van der Waals surface area contributed by atoms with E-state index in [0.717, 1.165) is 43.1 Å². The van der Waals surface area contributed by atoms with Crippen molar-refractivity contribution in [2.24, 2.45) is 4.99 Å². The highest BCUT2D eigenvalue weighted by Gasteiger charge is 2.02. The molecule has 0 aliphatic carbocycles. The minimum Gasteiger partial charge on any atom is -0.382 e. The number of benzene rings is 1. The van der Waals surface area contributed by atoms with E-state index in [1.165, 1.54) is 0 Å². The van der Waals surface area contributed by atoms with Crippen LogP contribution in [0.1, 0.15) is 38.7 Å². The summed E-state index contributed by atoms with van der Waals surface area (Å²) in [5.74, 6) is 0.815. The summed E-state index contributed by atoms with van der Waals surface area (Å²) in [6.07, 6.45) is 2.27. The fraction of sp³-hybridized carbons (Fsp3) is 0.600. The van der Waals surface area contributed by atoms with E-state index in [1.54, 1.807) is 7.11 Å². The maximum absolute atomic E-state index is 11.7. The number of rotatable bonds is 13. The van der Waals surface area contributed by atoms with Gasteiger partial charge >= 0.3 is 0 Å². The average Bonchev–Trinajstić information content (AvgIpc) is 2.65.